The van der Waals surface area contributed by atoms with Gasteiger partial charge in [-0.2, -0.15) is 0 Å². The molecule has 1 aliphatic heterocycles. The van der Waals surface area contributed by atoms with E-state index in [0.29, 0.717) is 23.1 Å². The van der Waals surface area contributed by atoms with Crippen LogP contribution in [0.15, 0.2) is 42.5 Å². The molecule has 4 nitrogen and oxygen atoms in total. The van der Waals surface area contributed by atoms with Crippen LogP contribution >= 0.6 is 11.6 Å². The molecule has 1 atom stereocenters. The van der Waals surface area contributed by atoms with E-state index in [-0.39, 0.29) is 12.9 Å². The molecule has 2 aromatic carbocycles. The zero-order valence-corrected chi connectivity index (χ0v) is 11.5. The van der Waals surface area contributed by atoms with Gasteiger partial charge in [-0.1, -0.05) is 23.7 Å². The van der Waals surface area contributed by atoms with Gasteiger partial charge in [0.1, 0.15) is 11.9 Å². The lowest BCUT2D eigenvalue weighted by Gasteiger charge is -2.18. The second-order valence-corrected chi connectivity index (χ2v) is 4.85. The largest absolute Gasteiger partial charge is 0.484 e. The number of hydrogen-bond donors (Lipinski definition) is 1. The number of nitrogens with two attached hydrogens (primary N) is 1. The van der Waals surface area contributed by atoms with Crippen LogP contribution < -0.4 is 19.9 Å². The summed E-state index contributed by atoms with van der Waals surface area (Å²) in [5, 5.41) is 0.662. The van der Waals surface area contributed by atoms with Gasteiger partial charge in [0.2, 0.25) is 6.79 Å². The molecule has 0 fully saturated rings. The molecule has 0 aromatic heterocycles. The highest BCUT2D eigenvalue weighted by Crippen LogP contribution is 2.36. The second-order valence-electron chi connectivity index (χ2n) is 4.41. The quantitative estimate of drug-likeness (QED) is 0.940. The highest BCUT2D eigenvalue weighted by atomic mass is 35.5. The summed E-state index contributed by atoms with van der Waals surface area (Å²) >= 11 is 5.99. The molecule has 0 bridgehead atoms. The van der Waals surface area contributed by atoms with Crippen LogP contribution in [0.3, 0.4) is 0 Å². The van der Waals surface area contributed by atoms with E-state index in [9.17, 15) is 0 Å². The van der Waals surface area contributed by atoms with Crippen molar-refractivity contribution in [1.82, 2.24) is 0 Å². The van der Waals surface area contributed by atoms with E-state index in [1.165, 1.54) is 0 Å². The maximum Gasteiger partial charge on any atom is 0.231 e. The summed E-state index contributed by atoms with van der Waals surface area (Å²) in [4.78, 5) is 0. The van der Waals surface area contributed by atoms with Gasteiger partial charge in [0.25, 0.3) is 0 Å². The number of ether oxygens (including phenoxy) is 3. The highest BCUT2D eigenvalue weighted by molar-refractivity contribution is 6.30. The third-order valence-electron chi connectivity index (χ3n) is 3.06. The Labute approximate surface area is 122 Å². The fourth-order valence-corrected chi connectivity index (χ4v) is 2.27. The first kappa shape index (κ1) is 13.1. The summed E-state index contributed by atoms with van der Waals surface area (Å²) in [6.07, 6.45) is -0.255. The van der Waals surface area contributed by atoms with Gasteiger partial charge in [0.15, 0.2) is 11.5 Å². The normalized spacial score (nSPS) is 14.1. The monoisotopic (exact) mass is 291 g/mol. The third-order valence-corrected chi connectivity index (χ3v) is 3.29. The highest BCUT2D eigenvalue weighted by Gasteiger charge is 2.16. The minimum Gasteiger partial charge on any atom is -0.484 e. The zero-order chi connectivity index (χ0) is 13.9. The number of hydrogen-bond acceptors (Lipinski definition) is 4. The van der Waals surface area contributed by atoms with Gasteiger partial charge in [-0.25, -0.2) is 0 Å². The van der Waals surface area contributed by atoms with Gasteiger partial charge in [0.05, 0.1) is 0 Å². The van der Waals surface area contributed by atoms with Crippen molar-refractivity contribution in [2.45, 2.75) is 6.10 Å². The van der Waals surface area contributed by atoms with Crippen molar-refractivity contribution < 1.29 is 14.2 Å². The molecule has 0 radical (unpaired) electrons. The molecule has 1 aliphatic rings. The maximum atomic E-state index is 5.99. The number of halogens is 1. The predicted octanol–water partition coefficient (Wildman–Crippen LogP) is 3.15. The van der Waals surface area contributed by atoms with Crippen LogP contribution in [0.5, 0.6) is 17.2 Å². The molecule has 0 amide bonds. The first-order valence-corrected chi connectivity index (χ1v) is 6.66. The van der Waals surface area contributed by atoms with Crippen molar-refractivity contribution in [2.75, 3.05) is 13.3 Å². The average Bonchev–Trinajstić information content (AvgIpc) is 2.92. The zero-order valence-electron chi connectivity index (χ0n) is 10.7. The summed E-state index contributed by atoms with van der Waals surface area (Å²) in [7, 11) is 0. The SMILES string of the molecule is NCC(Oc1ccc2c(c1)OCO2)c1cccc(Cl)c1. The van der Waals surface area contributed by atoms with Crippen LogP contribution in [0.4, 0.5) is 0 Å². The van der Waals surface area contributed by atoms with E-state index in [1.54, 1.807) is 6.07 Å². The lowest BCUT2D eigenvalue weighted by atomic mass is 10.1. The summed E-state index contributed by atoms with van der Waals surface area (Å²) < 4.78 is 16.5. The van der Waals surface area contributed by atoms with E-state index in [0.717, 1.165) is 11.3 Å². The van der Waals surface area contributed by atoms with Crippen molar-refractivity contribution in [3.63, 3.8) is 0 Å². The van der Waals surface area contributed by atoms with Gasteiger partial charge in [-0.3, -0.25) is 0 Å². The molecule has 0 aliphatic carbocycles. The van der Waals surface area contributed by atoms with Crippen molar-refractivity contribution in [3.8, 4) is 17.2 Å². The van der Waals surface area contributed by atoms with Crippen LogP contribution in [-0.2, 0) is 0 Å². The molecule has 1 unspecified atom stereocenters. The topological polar surface area (TPSA) is 53.7 Å². The van der Waals surface area contributed by atoms with Crippen LogP contribution in [0.25, 0.3) is 0 Å². The summed E-state index contributed by atoms with van der Waals surface area (Å²) in [5.41, 5.74) is 6.73. The standard InChI is InChI=1S/C15H14ClNO3/c16-11-3-1-2-10(6-11)15(8-17)20-12-4-5-13-14(7-12)19-9-18-13/h1-7,15H,8-9,17H2. The number of rotatable bonds is 4. The lowest BCUT2D eigenvalue weighted by molar-refractivity contribution is 0.173. The fourth-order valence-electron chi connectivity index (χ4n) is 2.07. The van der Waals surface area contributed by atoms with Crippen molar-refractivity contribution in [3.05, 3.63) is 53.1 Å². The van der Waals surface area contributed by atoms with E-state index in [1.807, 2.05) is 36.4 Å². The van der Waals surface area contributed by atoms with Gasteiger partial charge in [0, 0.05) is 17.6 Å². The molecule has 0 spiro atoms. The molecule has 2 N–H and O–H groups in total. The summed E-state index contributed by atoms with van der Waals surface area (Å²) in [6, 6.07) is 12.9. The molecule has 5 heteroatoms. The van der Waals surface area contributed by atoms with Gasteiger partial charge in [-0.15, -0.1) is 0 Å². The second kappa shape index (κ2) is 5.61. The Morgan fingerprint density at radius 1 is 1.15 bits per heavy atom. The lowest BCUT2D eigenvalue weighted by Crippen LogP contribution is -2.18. The molecular formula is C15H14ClNO3. The van der Waals surface area contributed by atoms with E-state index in [4.69, 9.17) is 31.5 Å². The third kappa shape index (κ3) is 2.66. The van der Waals surface area contributed by atoms with Crippen molar-refractivity contribution >= 4 is 11.6 Å². The van der Waals surface area contributed by atoms with Crippen LogP contribution in [0.1, 0.15) is 11.7 Å². The fraction of sp³-hybridized carbons (Fsp3) is 0.200. The molecule has 20 heavy (non-hydrogen) atoms. The van der Waals surface area contributed by atoms with Gasteiger partial charge in [-0.05, 0) is 29.8 Å². The Morgan fingerprint density at radius 3 is 2.80 bits per heavy atom. The van der Waals surface area contributed by atoms with E-state index < -0.39 is 0 Å². The molecule has 3 rings (SSSR count). The minimum atomic E-state index is -0.255. The number of fused-ring (bicyclic) bond motifs is 1. The van der Waals surface area contributed by atoms with E-state index in [2.05, 4.69) is 0 Å². The summed E-state index contributed by atoms with van der Waals surface area (Å²) in [5.74, 6) is 2.10. The van der Waals surface area contributed by atoms with E-state index >= 15 is 0 Å². The van der Waals surface area contributed by atoms with Gasteiger partial charge >= 0.3 is 0 Å². The minimum absolute atomic E-state index is 0.243. The van der Waals surface area contributed by atoms with Crippen molar-refractivity contribution in [1.29, 1.82) is 0 Å². The Hall–Kier alpha value is -1.91. The van der Waals surface area contributed by atoms with Crippen LogP contribution in [0.2, 0.25) is 5.02 Å². The molecule has 0 saturated carbocycles. The molecular weight excluding hydrogens is 278 g/mol. The summed E-state index contributed by atoms with van der Waals surface area (Å²) in [6.45, 7) is 0.599. The maximum absolute atomic E-state index is 5.99. The molecule has 0 saturated heterocycles. The Kier molecular flexibility index (Phi) is 3.67. The Bertz CT molecular complexity index is 618. The first-order chi connectivity index (χ1) is 9.76. The van der Waals surface area contributed by atoms with Gasteiger partial charge < -0.3 is 19.9 Å². The molecule has 104 valence electrons. The first-order valence-electron chi connectivity index (χ1n) is 6.28. The van der Waals surface area contributed by atoms with Crippen molar-refractivity contribution in [2.24, 2.45) is 5.73 Å². The Morgan fingerprint density at radius 2 is 2.00 bits per heavy atom. The molecule has 1 heterocycles. The average molecular weight is 292 g/mol. The molecule has 2 aromatic rings. The van der Waals surface area contributed by atoms with Crippen LogP contribution in [-0.4, -0.2) is 13.3 Å². The van der Waals surface area contributed by atoms with Crippen LogP contribution in [0, 0.1) is 0 Å². The number of benzene rings is 2. The Balaban J connectivity index is 1.81. The predicted molar refractivity (Wildman–Crippen MR) is 76.4 cm³/mol. The smallest absolute Gasteiger partial charge is 0.231 e.